The summed E-state index contributed by atoms with van der Waals surface area (Å²) in [6.45, 7) is 15.2. The van der Waals surface area contributed by atoms with Gasteiger partial charge in [0.1, 0.15) is 0 Å². The van der Waals surface area contributed by atoms with Crippen LogP contribution >= 0.6 is 0 Å². The number of rotatable bonds is 25. The topological polar surface area (TPSA) is 104 Å². The Morgan fingerprint density at radius 2 is 0.623 bits per heavy atom. The fraction of sp³-hybridized carbons (Fsp3) is 0.578. The van der Waals surface area contributed by atoms with E-state index in [-0.39, 0.29) is 5.75 Å². The van der Waals surface area contributed by atoms with Gasteiger partial charge in [-0.3, -0.25) is 4.79 Å². The molecule has 0 aliphatic carbocycles. The van der Waals surface area contributed by atoms with Gasteiger partial charge in [0.25, 0.3) is 5.97 Å². The highest BCUT2D eigenvalue weighted by molar-refractivity contribution is 6.26. The summed E-state index contributed by atoms with van der Waals surface area (Å²) in [7, 11) is 0. The molecule has 0 aromatic heterocycles. The zero-order valence-electron chi connectivity index (χ0n) is 33.5. The number of carboxylic acids is 1. The lowest BCUT2D eigenvalue weighted by molar-refractivity contribution is -0.134. The summed E-state index contributed by atoms with van der Waals surface area (Å²) in [6, 6.07) is 12.4. The molecule has 0 aliphatic rings. The van der Waals surface area contributed by atoms with E-state index in [0.29, 0.717) is 38.8 Å². The van der Waals surface area contributed by atoms with Crippen molar-refractivity contribution in [3.63, 3.8) is 0 Å². The van der Waals surface area contributed by atoms with Crippen molar-refractivity contribution in [2.45, 2.75) is 138 Å². The van der Waals surface area contributed by atoms with E-state index in [4.69, 9.17) is 33.6 Å². The summed E-state index contributed by atoms with van der Waals surface area (Å²) in [6.07, 6.45) is 16.1. The van der Waals surface area contributed by atoms with E-state index in [1.807, 2.05) is 12.1 Å². The van der Waals surface area contributed by atoms with Crippen LogP contribution < -0.4 is 23.7 Å². The van der Waals surface area contributed by atoms with E-state index in [9.17, 15) is 5.11 Å². The first kappa shape index (κ1) is 43.3. The number of phenols is 1. The highest BCUT2D eigenvalue weighted by atomic mass is 16.5. The van der Waals surface area contributed by atoms with Crippen LogP contribution in [0.3, 0.4) is 0 Å². The lowest BCUT2D eigenvalue weighted by atomic mass is 9.93. The fourth-order valence-electron chi connectivity index (χ4n) is 6.26. The van der Waals surface area contributed by atoms with Gasteiger partial charge in [0.15, 0.2) is 34.5 Å². The van der Waals surface area contributed by atoms with Crippen molar-refractivity contribution in [2.75, 3.05) is 33.0 Å². The Balaban J connectivity index is 0.00000180. The molecule has 0 saturated heterocycles. The lowest BCUT2D eigenvalue weighted by Gasteiger charge is -2.20. The third kappa shape index (κ3) is 13.7. The Morgan fingerprint density at radius 1 is 0.415 bits per heavy atom. The van der Waals surface area contributed by atoms with Crippen LogP contribution in [0.15, 0.2) is 36.4 Å². The standard InChI is InChI=1S/C43H62O6.C2H4O2/c1-6-11-16-21-45-39-27-33-32(26-38(39)44)34-28-40(46-22-17-12-7-2)42(48-24-19-14-9-4)30-36(34)37-31-43(49-25-20-15-10-5)41(29-35(33)37)47-23-18-13-8-3;1-2(3)4/h26-31,44H,6-25H2,1-5H3;1H3,(H,3,4). The quantitative estimate of drug-likeness (QED) is 0.0512. The molecule has 2 N–H and O–H groups in total. The van der Waals surface area contributed by atoms with E-state index in [1.165, 1.54) is 0 Å². The molecule has 294 valence electrons. The number of aromatic hydroxyl groups is 1. The minimum atomic E-state index is -0.833. The second-order valence-corrected chi connectivity index (χ2v) is 13.9. The summed E-state index contributed by atoms with van der Waals surface area (Å²) in [4.78, 5) is 9.00. The van der Waals surface area contributed by atoms with E-state index in [1.54, 1.807) is 0 Å². The fourth-order valence-corrected chi connectivity index (χ4v) is 6.26. The van der Waals surface area contributed by atoms with Crippen LogP contribution in [0.25, 0.3) is 32.3 Å². The number of carboxylic acid groups (broad SMARTS) is 1. The summed E-state index contributed by atoms with van der Waals surface area (Å²) in [5.41, 5.74) is 0. The molecule has 53 heavy (non-hydrogen) atoms. The number of fused-ring (bicyclic) bond motifs is 6. The second-order valence-electron chi connectivity index (χ2n) is 13.9. The first-order chi connectivity index (χ1) is 25.8. The van der Waals surface area contributed by atoms with Crippen molar-refractivity contribution >= 4 is 38.3 Å². The molecule has 0 fully saturated rings. The smallest absolute Gasteiger partial charge is 0.300 e. The lowest BCUT2D eigenvalue weighted by Crippen LogP contribution is -2.04. The number of aliphatic carboxylic acids is 1. The van der Waals surface area contributed by atoms with Crippen LogP contribution in [0, 0.1) is 0 Å². The summed E-state index contributed by atoms with van der Waals surface area (Å²) < 4.78 is 31.9. The van der Waals surface area contributed by atoms with E-state index in [0.717, 1.165) is 159 Å². The molecule has 0 amide bonds. The van der Waals surface area contributed by atoms with Crippen molar-refractivity contribution in [3.8, 4) is 34.5 Å². The number of unbranched alkanes of at least 4 members (excludes halogenated alkanes) is 10. The molecule has 4 rings (SSSR count). The molecule has 0 aliphatic heterocycles. The Hall–Kier alpha value is -4.07. The van der Waals surface area contributed by atoms with Crippen molar-refractivity contribution in [3.05, 3.63) is 36.4 Å². The third-order valence-electron chi connectivity index (χ3n) is 9.16. The monoisotopic (exact) mass is 734 g/mol. The van der Waals surface area contributed by atoms with Gasteiger partial charge in [0, 0.05) is 6.92 Å². The number of benzene rings is 4. The molecule has 4 aromatic carbocycles. The highest BCUT2D eigenvalue weighted by Crippen LogP contribution is 2.47. The number of hydrogen-bond donors (Lipinski definition) is 2. The number of ether oxygens (including phenoxy) is 5. The van der Waals surface area contributed by atoms with Crippen molar-refractivity contribution in [1.29, 1.82) is 0 Å². The van der Waals surface area contributed by atoms with Crippen LogP contribution in [0.2, 0.25) is 0 Å². The Labute approximate surface area is 318 Å². The Kier molecular flexibility index (Phi) is 19.9. The predicted octanol–water partition coefficient (Wildman–Crippen LogP) is 12.8. The zero-order chi connectivity index (χ0) is 38.4. The van der Waals surface area contributed by atoms with Crippen LogP contribution in [0.4, 0.5) is 0 Å². The average molecular weight is 735 g/mol. The minimum absolute atomic E-state index is 0.141. The van der Waals surface area contributed by atoms with Crippen LogP contribution in [-0.4, -0.2) is 49.2 Å². The molecule has 4 aromatic rings. The SMILES string of the molecule is CC(=O)O.CCCCCOc1cc2c(cc1O)c1cc(OCCCCC)c(OCCCCC)cc1c1cc(OCCCCC)c(OCCCCC)cc21. The van der Waals surface area contributed by atoms with Gasteiger partial charge in [0.05, 0.1) is 33.0 Å². The molecular weight excluding hydrogens is 668 g/mol. The van der Waals surface area contributed by atoms with Gasteiger partial charge in [-0.1, -0.05) is 98.8 Å². The predicted molar refractivity (Wildman–Crippen MR) is 219 cm³/mol. The zero-order valence-corrected chi connectivity index (χ0v) is 33.5. The number of hydrogen-bond acceptors (Lipinski definition) is 7. The molecule has 0 radical (unpaired) electrons. The van der Waals surface area contributed by atoms with Crippen LogP contribution in [0.5, 0.6) is 34.5 Å². The molecule has 0 atom stereocenters. The van der Waals surface area contributed by atoms with E-state index >= 15 is 0 Å². The minimum Gasteiger partial charge on any atom is -0.504 e. The van der Waals surface area contributed by atoms with Crippen molar-refractivity contribution in [1.82, 2.24) is 0 Å². The van der Waals surface area contributed by atoms with Gasteiger partial charge in [-0.15, -0.1) is 0 Å². The van der Waals surface area contributed by atoms with Gasteiger partial charge in [-0.05, 0) is 101 Å². The molecule has 0 heterocycles. The van der Waals surface area contributed by atoms with Crippen LogP contribution in [-0.2, 0) is 4.79 Å². The normalized spacial score (nSPS) is 11.1. The third-order valence-corrected chi connectivity index (χ3v) is 9.16. The molecule has 8 nitrogen and oxygen atoms in total. The maximum absolute atomic E-state index is 11.3. The largest absolute Gasteiger partial charge is 0.504 e. The Morgan fingerprint density at radius 3 is 0.868 bits per heavy atom. The van der Waals surface area contributed by atoms with E-state index < -0.39 is 5.97 Å². The molecule has 0 spiro atoms. The van der Waals surface area contributed by atoms with Gasteiger partial charge in [-0.2, -0.15) is 0 Å². The van der Waals surface area contributed by atoms with Crippen molar-refractivity contribution in [2.24, 2.45) is 0 Å². The first-order valence-corrected chi connectivity index (χ1v) is 20.4. The number of phenolic OH excluding ortho intramolecular Hbond substituents is 1. The highest BCUT2D eigenvalue weighted by Gasteiger charge is 2.20. The van der Waals surface area contributed by atoms with Gasteiger partial charge >= 0.3 is 0 Å². The summed E-state index contributed by atoms with van der Waals surface area (Å²) in [5, 5.41) is 24.7. The molecule has 0 bridgehead atoms. The maximum atomic E-state index is 11.3. The molecular formula is C45H66O8. The van der Waals surface area contributed by atoms with Gasteiger partial charge in [0.2, 0.25) is 0 Å². The van der Waals surface area contributed by atoms with Crippen LogP contribution in [0.1, 0.15) is 138 Å². The second kappa shape index (κ2) is 24.3. The van der Waals surface area contributed by atoms with Gasteiger partial charge < -0.3 is 33.9 Å². The summed E-state index contributed by atoms with van der Waals surface area (Å²) in [5.74, 6) is 2.83. The molecule has 0 unspecified atom stereocenters. The van der Waals surface area contributed by atoms with Gasteiger partial charge in [-0.25, -0.2) is 0 Å². The molecule has 8 heteroatoms. The van der Waals surface area contributed by atoms with Crippen molar-refractivity contribution < 1.29 is 38.7 Å². The van der Waals surface area contributed by atoms with E-state index in [2.05, 4.69) is 58.9 Å². The Bertz CT molecular complexity index is 1630. The average Bonchev–Trinajstić information content (AvgIpc) is 3.14. The number of carbonyl (C=O) groups is 1. The maximum Gasteiger partial charge on any atom is 0.300 e. The molecule has 0 saturated carbocycles. The first-order valence-electron chi connectivity index (χ1n) is 20.4. The summed E-state index contributed by atoms with van der Waals surface area (Å²) >= 11 is 0.